The van der Waals surface area contributed by atoms with E-state index in [4.69, 9.17) is 19.7 Å². The van der Waals surface area contributed by atoms with E-state index >= 15 is 0 Å². The van der Waals surface area contributed by atoms with Gasteiger partial charge in [-0.2, -0.15) is 0 Å². The largest absolute Gasteiger partial charge is 0.388 e. The normalized spacial score (nSPS) is 53.4. The van der Waals surface area contributed by atoms with E-state index in [2.05, 4.69) is 0 Å². The van der Waals surface area contributed by atoms with E-state index in [1.54, 1.807) is 0 Å². The van der Waals surface area contributed by atoms with Gasteiger partial charge in [0.25, 0.3) is 0 Å². The summed E-state index contributed by atoms with van der Waals surface area (Å²) in [6.45, 7) is 0.335. The van der Waals surface area contributed by atoms with Gasteiger partial charge in [-0.05, 0) is 0 Å². The smallest absolute Gasteiger partial charge is 0.157 e. The van der Waals surface area contributed by atoms with Gasteiger partial charge in [-0.1, -0.05) is 0 Å². The van der Waals surface area contributed by atoms with Crippen LogP contribution in [0.4, 0.5) is 0 Å². The highest BCUT2D eigenvalue weighted by atomic mass is 16.7. The molecule has 4 unspecified atom stereocenters. The SMILES string of the molecule is OC1CC2OCC(O)C2O1. The quantitative estimate of drug-likeness (QED) is 0.453. The zero-order chi connectivity index (χ0) is 7.14. The Morgan fingerprint density at radius 3 is 2.80 bits per heavy atom. The van der Waals surface area contributed by atoms with Crippen LogP contribution in [0.5, 0.6) is 0 Å². The number of hydrogen-bond acceptors (Lipinski definition) is 4. The van der Waals surface area contributed by atoms with E-state index < -0.39 is 12.4 Å². The summed E-state index contributed by atoms with van der Waals surface area (Å²) in [6.07, 6.45) is -1.20. The fraction of sp³-hybridized carbons (Fsp3) is 1.00. The minimum atomic E-state index is -0.745. The highest BCUT2D eigenvalue weighted by Crippen LogP contribution is 2.29. The van der Waals surface area contributed by atoms with Crippen molar-refractivity contribution < 1.29 is 19.7 Å². The number of hydrogen-bond donors (Lipinski definition) is 2. The van der Waals surface area contributed by atoms with Gasteiger partial charge in [0, 0.05) is 6.42 Å². The topological polar surface area (TPSA) is 58.9 Å². The number of ether oxygens (including phenoxy) is 2. The molecule has 2 aliphatic heterocycles. The molecule has 0 spiro atoms. The lowest BCUT2D eigenvalue weighted by Gasteiger charge is -2.09. The predicted octanol–water partition coefficient (Wildman–Crippen LogP) is -1.15. The van der Waals surface area contributed by atoms with Crippen LogP contribution in [0.2, 0.25) is 0 Å². The van der Waals surface area contributed by atoms with Crippen LogP contribution in [0.3, 0.4) is 0 Å². The molecule has 58 valence electrons. The summed E-state index contributed by atoms with van der Waals surface area (Å²) in [4.78, 5) is 0. The van der Waals surface area contributed by atoms with Crippen LogP contribution >= 0.6 is 0 Å². The molecular formula is C6H10O4. The van der Waals surface area contributed by atoms with Crippen molar-refractivity contribution in [2.75, 3.05) is 6.61 Å². The summed E-state index contributed by atoms with van der Waals surface area (Å²) in [5.41, 5.74) is 0. The molecule has 4 heteroatoms. The Balaban J connectivity index is 2.05. The Labute approximate surface area is 58.4 Å². The van der Waals surface area contributed by atoms with Crippen LogP contribution in [0.25, 0.3) is 0 Å². The second-order valence-electron chi connectivity index (χ2n) is 2.73. The van der Waals surface area contributed by atoms with Crippen molar-refractivity contribution >= 4 is 0 Å². The van der Waals surface area contributed by atoms with Gasteiger partial charge in [0.1, 0.15) is 12.2 Å². The Bertz CT molecular complexity index is 138. The van der Waals surface area contributed by atoms with E-state index in [-0.39, 0.29) is 12.2 Å². The van der Waals surface area contributed by atoms with E-state index in [1.807, 2.05) is 0 Å². The van der Waals surface area contributed by atoms with Crippen LogP contribution in [0, 0.1) is 0 Å². The first-order chi connectivity index (χ1) is 4.77. The van der Waals surface area contributed by atoms with E-state index in [0.29, 0.717) is 13.0 Å². The summed E-state index contributed by atoms with van der Waals surface area (Å²) in [5, 5.41) is 18.1. The minimum Gasteiger partial charge on any atom is -0.388 e. The number of rotatable bonds is 0. The lowest BCUT2D eigenvalue weighted by atomic mass is 10.1. The number of fused-ring (bicyclic) bond motifs is 1. The highest BCUT2D eigenvalue weighted by molar-refractivity contribution is 4.89. The molecule has 0 saturated carbocycles. The summed E-state index contributed by atoms with van der Waals surface area (Å²) >= 11 is 0. The fourth-order valence-corrected chi connectivity index (χ4v) is 1.48. The molecular weight excluding hydrogens is 136 g/mol. The molecule has 0 amide bonds. The molecule has 0 aromatic carbocycles. The van der Waals surface area contributed by atoms with Crippen molar-refractivity contribution in [1.29, 1.82) is 0 Å². The van der Waals surface area contributed by atoms with Crippen molar-refractivity contribution in [3.8, 4) is 0 Å². The lowest BCUT2D eigenvalue weighted by Crippen LogP contribution is -2.27. The second-order valence-corrected chi connectivity index (χ2v) is 2.73. The van der Waals surface area contributed by atoms with Gasteiger partial charge in [-0.25, -0.2) is 0 Å². The van der Waals surface area contributed by atoms with Gasteiger partial charge in [0.2, 0.25) is 0 Å². The molecule has 2 saturated heterocycles. The summed E-state index contributed by atoms with van der Waals surface area (Å²) < 4.78 is 10.1. The highest BCUT2D eigenvalue weighted by Gasteiger charge is 2.44. The molecule has 2 N–H and O–H groups in total. The first kappa shape index (κ1) is 6.54. The van der Waals surface area contributed by atoms with Crippen LogP contribution in [-0.2, 0) is 9.47 Å². The van der Waals surface area contributed by atoms with Gasteiger partial charge >= 0.3 is 0 Å². The molecule has 0 aromatic heterocycles. The summed E-state index contributed by atoms with van der Waals surface area (Å²) in [6, 6.07) is 0. The number of aliphatic hydroxyl groups is 2. The monoisotopic (exact) mass is 146 g/mol. The van der Waals surface area contributed by atoms with Crippen molar-refractivity contribution in [3.05, 3.63) is 0 Å². The lowest BCUT2D eigenvalue weighted by molar-refractivity contribution is -0.115. The summed E-state index contributed by atoms with van der Waals surface area (Å²) in [7, 11) is 0. The molecule has 0 radical (unpaired) electrons. The zero-order valence-electron chi connectivity index (χ0n) is 5.43. The molecule has 2 heterocycles. The van der Waals surface area contributed by atoms with Gasteiger partial charge in [-0.3, -0.25) is 0 Å². The number of aliphatic hydroxyl groups excluding tert-OH is 2. The van der Waals surface area contributed by atoms with E-state index in [9.17, 15) is 0 Å². The van der Waals surface area contributed by atoms with Gasteiger partial charge in [0.15, 0.2) is 6.29 Å². The summed E-state index contributed by atoms with van der Waals surface area (Å²) in [5.74, 6) is 0. The standard InChI is InChI=1S/C6H10O4/c7-3-2-9-4-1-5(8)10-6(3)4/h3-8H,1-2H2. The predicted molar refractivity (Wildman–Crippen MR) is 31.2 cm³/mol. The van der Waals surface area contributed by atoms with Gasteiger partial charge < -0.3 is 19.7 Å². The average Bonchev–Trinajstić information content (AvgIpc) is 2.35. The van der Waals surface area contributed by atoms with Crippen molar-refractivity contribution in [2.45, 2.75) is 31.0 Å². The first-order valence-electron chi connectivity index (χ1n) is 3.40. The molecule has 10 heavy (non-hydrogen) atoms. The third-order valence-electron chi connectivity index (χ3n) is 1.97. The molecule has 0 bridgehead atoms. The van der Waals surface area contributed by atoms with E-state index in [0.717, 1.165) is 0 Å². The average molecular weight is 146 g/mol. The molecule has 4 atom stereocenters. The van der Waals surface area contributed by atoms with Crippen molar-refractivity contribution in [2.24, 2.45) is 0 Å². The van der Waals surface area contributed by atoms with Crippen LogP contribution in [-0.4, -0.2) is 41.4 Å². The molecule has 2 rings (SSSR count). The Hall–Kier alpha value is -0.160. The van der Waals surface area contributed by atoms with Crippen LogP contribution < -0.4 is 0 Å². The van der Waals surface area contributed by atoms with Crippen LogP contribution in [0.1, 0.15) is 6.42 Å². The molecule has 0 aromatic rings. The second kappa shape index (κ2) is 2.17. The third kappa shape index (κ3) is 0.845. The van der Waals surface area contributed by atoms with Crippen molar-refractivity contribution in [3.63, 3.8) is 0 Å². The molecule has 0 aliphatic carbocycles. The Kier molecular flexibility index (Phi) is 1.42. The first-order valence-corrected chi connectivity index (χ1v) is 3.40. The van der Waals surface area contributed by atoms with Crippen LogP contribution in [0.15, 0.2) is 0 Å². The fourth-order valence-electron chi connectivity index (χ4n) is 1.48. The maximum atomic E-state index is 9.16. The van der Waals surface area contributed by atoms with E-state index in [1.165, 1.54) is 0 Å². The maximum absolute atomic E-state index is 9.16. The van der Waals surface area contributed by atoms with Gasteiger partial charge in [0.05, 0.1) is 12.7 Å². The Morgan fingerprint density at radius 2 is 2.10 bits per heavy atom. The Morgan fingerprint density at radius 1 is 1.30 bits per heavy atom. The molecule has 2 fully saturated rings. The van der Waals surface area contributed by atoms with Crippen molar-refractivity contribution in [1.82, 2.24) is 0 Å². The minimum absolute atomic E-state index is 0.0926. The van der Waals surface area contributed by atoms with Gasteiger partial charge in [-0.15, -0.1) is 0 Å². The molecule has 2 aliphatic rings. The molecule has 4 nitrogen and oxygen atoms in total. The maximum Gasteiger partial charge on any atom is 0.157 e. The third-order valence-corrected chi connectivity index (χ3v) is 1.97. The zero-order valence-corrected chi connectivity index (χ0v) is 5.43.